The largest absolute Gasteiger partial charge is 0.348 e. The zero-order valence-corrected chi connectivity index (χ0v) is 17.9. The van der Waals surface area contributed by atoms with Crippen molar-refractivity contribution in [3.63, 3.8) is 0 Å². The Balaban J connectivity index is 1.67. The van der Waals surface area contributed by atoms with Gasteiger partial charge in [0.15, 0.2) is 0 Å². The van der Waals surface area contributed by atoms with E-state index in [1.165, 1.54) is 6.33 Å². The van der Waals surface area contributed by atoms with Crippen LogP contribution in [-0.2, 0) is 16.0 Å². The molecule has 0 N–H and O–H groups in total. The Morgan fingerprint density at radius 3 is 2.53 bits per heavy atom. The molecule has 1 saturated carbocycles. The summed E-state index contributed by atoms with van der Waals surface area (Å²) in [4.78, 5) is 38.4. The van der Waals surface area contributed by atoms with Gasteiger partial charge in [0.05, 0.1) is 5.41 Å². The summed E-state index contributed by atoms with van der Waals surface area (Å²) in [5, 5.41) is 0. The molecule has 2 heterocycles. The lowest BCUT2D eigenvalue weighted by molar-refractivity contribution is -0.150. The summed E-state index contributed by atoms with van der Waals surface area (Å²) in [7, 11) is 3.63. The van der Waals surface area contributed by atoms with E-state index in [-0.39, 0.29) is 17.7 Å². The summed E-state index contributed by atoms with van der Waals surface area (Å²) in [6, 6.07) is 8.15. The highest BCUT2D eigenvalue weighted by Crippen LogP contribution is 2.39. The van der Waals surface area contributed by atoms with Crippen molar-refractivity contribution in [2.45, 2.75) is 38.5 Å². The van der Waals surface area contributed by atoms with Crippen LogP contribution in [0.5, 0.6) is 0 Å². The molecular formula is C24H30N4O2. The molecule has 1 saturated heterocycles. The van der Waals surface area contributed by atoms with Crippen LogP contribution in [0.2, 0.25) is 0 Å². The van der Waals surface area contributed by atoms with Gasteiger partial charge in [0.25, 0.3) is 0 Å². The minimum absolute atomic E-state index is 0.104. The zero-order chi connectivity index (χ0) is 21.1. The lowest BCUT2D eigenvalue weighted by atomic mass is 9.72. The fourth-order valence-electron chi connectivity index (χ4n) is 4.86. The number of hydrogen-bond acceptors (Lipinski definition) is 4. The first-order chi connectivity index (χ1) is 14.5. The fourth-order valence-corrected chi connectivity index (χ4v) is 4.86. The van der Waals surface area contributed by atoms with Gasteiger partial charge in [0.1, 0.15) is 6.33 Å². The average molecular weight is 407 g/mol. The van der Waals surface area contributed by atoms with Crippen LogP contribution in [0.25, 0.3) is 11.1 Å². The average Bonchev–Trinajstić information content (AvgIpc) is 2.73. The van der Waals surface area contributed by atoms with Crippen molar-refractivity contribution in [2.24, 2.45) is 11.3 Å². The normalized spacial score (nSPS) is 21.7. The summed E-state index contributed by atoms with van der Waals surface area (Å²) in [6.45, 7) is 1.25. The van der Waals surface area contributed by atoms with Crippen molar-refractivity contribution in [1.29, 1.82) is 0 Å². The third-order valence-corrected chi connectivity index (χ3v) is 6.62. The predicted molar refractivity (Wildman–Crippen MR) is 115 cm³/mol. The minimum Gasteiger partial charge on any atom is -0.348 e. The Labute approximate surface area is 178 Å². The van der Waals surface area contributed by atoms with E-state index in [0.29, 0.717) is 13.0 Å². The maximum atomic E-state index is 13.5. The van der Waals surface area contributed by atoms with E-state index in [4.69, 9.17) is 0 Å². The van der Waals surface area contributed by atoms with Crippen LogP contribution in [0.3, 0.4) is 0 Å². The molecule has 4 rings (SSSR count). The maximum Gasteiger partial charge on any atom is 0.230 e. The third kappa shape index (κ3) is 3.95. The molecule has 2 aromatic rings. The molecule has 30 heavy (non-hydrogen) atoms. The molecule has 2 amide bonds. The van der Waals surface area contributed by atoms with Gasteiger partial charge in [0, 0.05) is 51.1 Å². The second kappa shape index (κ2) is 8.54. The van der Waals surface area contributed by atoms with E-state index >= 15 is 0 Å². The van der Waals surface area contributed by atoms with Gasteiger partial charge >= 0.3 is 0 Å². The summed E-state index contributed by atoms with van der Waals surface area (Å²) in [5.74, 6) is 0.498. The van der Waals surface area contributed by atoms with Crippen LogP contribution < -0.4 is 0 Å². The Morgan fingerprint density at radius 2 is 1.87 bits per heavy atom. The Hall–Kier alpha value is -2.76. The van der Waals surface area contributed by atoms with Crippen LogP contribution in [0.1, 0.15) is 37.7 Å². The molecule has 0 spiro atoms. The van der Waals surface area contributed by atoms with Crippen molar-refractivity contribution >= 4 is 11.8 Å². The number of carbonyl (C=O) groups excluding carboxylic acids is 2. The number of carbonyl (C=O) groups is 2. The molecule has 1 aromatic heterocycles. The number of piperidine rings is 1. The molecule has 2 aliphatic rings. The van der Waals surface area contributed by atoms with E-state index in [0.717, 1.165) is 55.3 Å². The van der Waals surface area contributed by atoms with Gasteiger partial charge in [-0.1, -0.05) is 30.7 Å². The molecule has 6 heteroatoms. The van der Waals surface area contributed by atoms with Gasteiger partial charge in [-0.05, 0) is 43.2 Å². The van der Waals surface area contributed by atoms with Crippen molar-refractivity contribution in [2.75, 3.05) is 27.2 Å². The first-order valence-electron chi connectivity index (χ1n) is 10.8. The summed E-state index contributed by atoms with van der Waals surface area (Å²) in [5.41, 5.74) is 2.48. The number of nitrogens with zero attached hydrogens (tertiary/aromatic N) is 4. The molecule has 1 aliphatic heterocycles. The smallest absolute Gasteiger partial charge is 0.230 e. The first kappa shape index (κ1) is 20.5. The fraction of sp³-hybridized carbons (Fsp3) is 0.500. The number of aromatic nitrogens is 2. The second-order valence-corrected chi connectivity index (χ2v) is 8.93. The van der Waals surface area contributed by atoms with Crippen molar-refractivity contribution in [1.82, 2.24) is 19.8 Å². The molecule has 2 fully saturated rings. The lowest BCUT2D eigenvalue weighted by Gasteiger charge is -2.45. The Kier molecular flexibility index (Phi) is 5.84. The Bertz CT molecular complexity index is 910. The van der Waals surface area contributed by atoms with E-state index in [1.54, 1.807) is 17.3 Å². The highest BCUT2D eigenvalue weighted by molar-refractivity contribution is 5.86. The van der Waals surface area contributed by atoms with Gasteiger partial charge in [-0.3, -0.25) is 9.59 Å². The highest BCUT2D eigenvalue weighted by Gasteiger charge is 2.45. The molecule has 158 valence electrons. The number of amides is 2. The standard InChI is InChI=1S/C24H30N4O2/c1-27(2)23(30)24(11-6-12-28(16-24)22(29)18-8-5-9-18)13-19-7-3-4-10-21(19)20-14-25-17-26-15-20/h3-4,7,10,14-15,17-18H,5-6,8-9,11-13,16H2,1-2H3/t24-/m1/s1. The maximum absolute atomic E-state index is 13.5. The van der Waals surface area contributed by atoms with Gasteiger partial charge in [-0.25, -0.2) is 9.97 Å². The van der Waals surface area contributed by atoms with Crippen LogP contribution in [0.15, 0.2) is 43.0 Å². The number of likely N-dealkylation sites (tertiary alicyclic amines) is 1. The van der Waals surface area contributed by atoms with Crippen molar-refractivity contribution in [3.8, 4) is 11.1 Å². The van der Waals surface area contributed by atoms with Crippen molar-refractivity contribution < 1.29 is 9.59 Å². The van der Waals surface area contributed by atoms with Gasteiger partial charge in [-0.2, -0.15) is 0 Å². The topological polar surface area (TPSA) is 66.4 Å². The summed E-state index contributed by atoms with van der Waals surface area (Å²) >= 11 is 0. The number of benzene rings is 1. The minimum atomic E-state index is -0.604. The number of rotatable bonds is 5. The number of hydrogen-bond donors (Lipinski definition) is 0. The van der Waals surface area contributed by atoms with Gasteiger partial charge in [-0.15, -0.1) is 0 Å². The van der Waals surface area contributed by atoms with Crippen LogP contribution in [-0.4, -0.2) is 58.8 Å². The molecular weight excluding hydrogens is 376 g/mol. The monoisotopic (exact) mass is 406 g/mol. The SMILES string of the molecule is CN(C)C(=O)[C@@]1(Cc2ccccc2-c2cncnc2)CCCN(C(=O)C2CCC2)C1. The van der Waals surface area contributed by atoms with Gasteiger partial charge in [0.2, 0.25) is 11.8 Å². The van der Waals surface area contributed by atoms with E-state index in [1.807, 2.05) is 31.1 Å². The van der Waals surface area contributed by atoms with E-state index in [9.17, 15) is 9.59 Å². The van der Waals surface area contributed by atoms with Crippen LogP contribution in [0, 0.1) is 11.3 Å². The Morgan fingerprint density at radius 1 is 1.13 bits per heavy atom. The third-order valence-electron chi connectivity index (χ3n) is 6.62. The zero-order valence-electron chi connectivity index (χ0n) is 17.9. The van der Waals surface area contributed by atoms with Crippen LogP contribution >= 0.6 is 0 Å². The molecule has 1 aromatic carbocycles. The lowest BCUT2D eigenvalue weighted by Crippen LogP contribution is -2.55. The highest BCUT2D eigenvalue weighted by atomic mass is 16.2. The molecule has 0 radical (unpaired) electrons. The quantitative estimate of drug-likeness (QED) is 0.765. The van der Waals surface area contributed by atoms with Crippen molar-refractivity contribution in [3.05, 3.63) is 48.5 Å². The molecule has 1 aliphatic carbocycles. The molecule has 0 unspecified atom stereocenters. The molecule has 6 nitrogen and oxygen atoms in total. The van der Waals surface area contributed by atoms with E-state index < -0.39 is 5.41 Å². The summed E-state index contributed by atoms with van der Waals surface area (Å²) in [6.07, 6.45) is 10.5. The van der Waals surface area contributed by atoms with E-state index in [2.05, 4.69) is 22.1 Å². The predicted octanol–water partition coefficient (Wildman–Crippen LogP) is 3.18. The summed E-state index contributed by atoms with van der Waals surface area (Å²) < 4.78 is 0. The molecule has 0 bridgehead atoms. The van der Waals surface area contributed by atoms with Crippen LogP contribution in [0.4, 0.5) is 0 Å². The first-order valence-corrected chi connectivity index (χ1v) is 10.8. The van der Waals surface area contributed by atoms with Gasteiger partial charge < -0.3 is 9.80 Å². The molecule has 1 atom stereocenters. The second-order valence-electron chi connectivity index (χ2n) is 8.93.